The topological polar surface area (TPSA) is 80.4 Å². The van der Waals surface area contributed by atoms with E-state index < -0.39 is 17.8 Å². The van der Waals surface area contributed by atoms with E-state index in [2.05, 4.69) is 10.3 Å². The summed E-state index contributed by atoms with van der Waals surface area (Å²) in [6, 6.07) is 8.87. The summed E-state index contributed by atoms with van der Waals surface area (Å²) in [6.45, 7) is 1.66. The van der Waals surface area contributed by atoms with Gasteiger partial charge in [0.05, 0.1) is 25.8 Å². The fourth-order valence-electron chi connectivity index (χ4n) is 2.95. The van der Waals surface area contributed by atoms with E-state index >= 15 is 0 Å². The van der Waals surface area contributed by atoms with Gasteiger partial charge in [0, 0.05) is 28.6 Å². The van der Waals surface area contributed by atoms with Crippen LogP contribution in [0.4, 0.5) is 4.39 Å². The number of halogens is 1. The highest BCUT2D eigenvalue weighted by Gasteiger charge is 2.20. The van der Waals surface area contributed by atoms with Gasteiger partial charge in [0.2, 0.25) is 0 Å². The Morgan fingerprint density at radius 1 is 1.11 bits per heavy atom. The smallest absolute Gasteiger partial charge is 0.255 e. The molecule has 0 saturated carbocycles. The van der Waals surface area contributed by atoms with Crippen LogP contribution in [0.1, 0.15) is 28.9 Å². The fraction of sp³-hybridized carbons (Fsp3) is 0.200. The highest BCUT2D eigenvalue weighted by Crippen LogP contribution is 2.32. The number of amides is 1. The number of pyridine rings is 1. The molecule has 140 valence electrons. The van der Waals surface area contributed by atoms with Crippen LogP contribution in [0.25, 0.3) is 10.8 Å². The highest BCUT2D eigenvalue weighted by molar-refractivity contribution is 6.06. The van der Waals surface area contributed by atoms with Crippen molar-refractivity contribution in [1.29, 1.82) is 0 Å². The minimum Gasteiger partial charge on any atom is -0.493 e. The van der Waals surface area contributed by atoms with E-state index in [0.717, 1.165) is 0 Å². The number of hydrogen-bond donors (Lipinski definition) is 2. The molecule has 0 fully saturated rings. The second-order valence-corrected chi connectivity index (χ2v) is 6.00. The van der Waals surface area contributed by atoms with Gasteiger partial charge in [-0.1, -0.05) is 18.2 Å². The molecule has 0 aliphatic carbocycles. The second kappa shape index (κ2) is 7.49. The van der Waals surface area contributed by atoms with Gasteiger partial charge in [0.25, 0.3) is 11.5 Å². The molecular formula is C20H19FN2O4. The van der Waals surface area contributed by atoms with Crippen molar-refractivity contribution in [2.75, 3.05) is 14.2 Å². The van der Waals surface area contributed by atoms with E-state index in [9.17, 15) is 14.0 Å². The molecular weight excluding hydrogens is 351 g/mol. The van der Waals surface area contributed by atoms with Gasteiger partial charge in [-0.05, 0) is 19.1 Å². The maximum atomic E-state index is 14.4. The van der Waals surface area contributed by atoms with Crippen molar-refractivity contribution in [3.8, 4) is 11.5 Å². The lowest BCUT2D eigenvalue weighted by molar-refractivity contribution is 0.0940. The molecule has 2 N–H and O–H groups in total. The zero-order valence-electron chi connectivity index (χ0n) is 15.1. The summed E-state index contributed by atoms with van der Waals surface area (Å²) in [5.41, 5.74) is 0.286. The van der Waals surface area contributed by atoms with Crippen molar-refractivity contribution < 1.29 is 18.7 Å². The molecule has 0 unspecified atom stereocenters. The molecule has 3 aromatic rings. The third-order valence-corrected chi connectivity index (χ3v) is 4.37. The molecule has 1 atom stereocenters. The van der Waals surface area contributed by atoms with Crippen LogP contribution in [0.15, 0.2) is 47.4 Å². The molecule has 6 nitrogen and oxygen atoms in total. The zero-order valence-corrected chi connectivity index (χ0v) is 15.1. The summed E-state index contributed by atoms with van der Waals surface area (Å²) in [4.78, 5) is 27.2. The number of carbonyl (C=O) groups excluding carboxylic acids is 1. The molecule has 3 rings (SSSR count). The lowest BCUT2D eigenvalue weighted by Gasteiger charge is -2.18. The zero-order chi connectivity index (χ0) is 19.6. The Hall–Kier alpha value is -3.35. The van der Waals surface area contributed by atoms with Crippen LogP contribution < -0.4 is 20.3 Å². The molecule has 0 spiro atoms. The standard InChI is InChI=1S/C20H19FN2O4/c1-11(14-8-17(26-2)18(27-3)9-16(14)21)23-20(25)15-10-22-19(24)13-7-5-4-6-12(13)15/h4-11H,1-3H3,(H,22,24)(H,23,25)/t11-/m0/s1. The van der Waals surface area contributed by atoms with E-state index in [4.69, 9.17) is 9.47 Å². The summed E-state index contributed by atoms with van der Waals surface area (Å²) in [5, 5.41) is 3.70. The van der Waals surface area contributed by atoms with Crippen molar-refractivity contribution in [3.63, 3.8) is 0 Å². The van der Waals surface area contributed by atoms with Crippen LogP contribution in [0, 0.1) is 5.82 Å². The van der Waals surface area contributed by atoms with Gasteiger partial charge < -0.3 is 19.8 Å². The quantitative estimate of drug-likeness (QED) is 0.723. The molecule has 1 amide bonds. The number of carbonyl (C=O) groups is 1. The van der Waals surface area contributed by atoms with Crippen LogP contribution in [0.3, 0.4) is 0 Å². The largest absolute Gasteiger partial charge is 0.493 e. The first-order valence-electron chi connectivity index (χ1n) is 8.29. The molecule has 0 bridgehead atoms. The van der Waals surface area contributed by atoms with Crippen molar-refractivity contribution in [1.82, 2.24) is 10.3 Å². The molecule has 1 aromatic heterocycles. The molecule has 0 radical (unpaired) electrons. The average Bonchev–Trinajstić information content (AvgIpc) is 2.67. The minimum absolute atomic E-state index is 0.259. The molecule has 1 heterocycles. The third kappa shape index (κ3) is 3.48. The number of fused-ring (bicyclic) bond motifs is 1. The van der Waals surface area contributed by atoms with E-state index in [-0.39, 0.29) is 16.9 Å². The predicted molar refractivity (Wildman–Crippen MR) is 100.0 cm³/mol. The van der Waals surface area contributed by atoms with Crippen LogP contribution in [0.2, 0.25) is 0 Å². The maximum Gasteiger partial charge on any atom is 0.255 e. The normalized spacial score (nSPS) is 11.9. The number of aromatic amines is 1. The Balaban J connectivity index is 1.93. The van der Waals surface area contributed by atoms with Gasteiger partial charge in [0.15, 0.2) is 11.5 Å². The summed E-state index contributed by atoms with van der Waals surface area (Å²) in [5.74, 6) is -0.315. The Morgan fingerprint density at radius 3 is 2.41 bits per heavy atom. The molecule has 0 saturated heterocycles. The number of rotatable bonds is 5. The molecule has 0 aliphatic heterocycles. The van der Waals surface area contributed by atoms with Crippen molar-refractivity contribution in [2.45, 2.75) is 13.0 Å². The van der Waals surface area contributed by atoms with Gasteiger partial charge in [0.1, 0.15) is 5.82 Å². The minimum atomic E-state index is -0.636. The monoisotopic (exact) mass is 370 g/mol. The maximum absolute atomic E-state index is 14.4. The molecule has 2 aromatic carbocycles. The SMILES string of the molecule is COc1cc(F)c([C@H](C)NC(=O)c2c[nH]c(=O)c3ccccc23)cc1OC. The molecule has 7 heteroatoms. The predicted octanol–water partition coefficient (Wildman–Crippen LogP) is 3.18. The molecule has 27 heavy (non-hydrogen) atoms. The number of H-pyrrole nitrogens is 1. The first-order valence-corrected chi connectivity index (χ1v) is 8.29. The van der Waals surface area contributed by atoms with Crippen molar-refractivity contribution in [3.05, 3.63) is 69.9 Å². The fourth-order valence-corrected chi connectivity index (χ4v) is 2.95. The Labute approximate surface area is 154 Å². The Kier molecular flexibility index (Phi) is 5.12. The first kappa shape index (κ1) is 18.4. The van der Waals surface area contributed by atoms with Crippen LogP contribution >= 0.6 is 0 Å². The van der Waals surface area contributed by atoms with E-state index in [1.54, 1.807) is 31.2 Å². The number of ether oxygens (including phenoxy) is 2. The number of hydrogen-bond acceptors (Lipinski definition) is 4. The summed E-state index contributed by atoms with van der Waals surface area (Å²) < 4.78 is 24.7. The summed E-state index contributed by atoms with van der Waals surface area (Å²) >= 11 is 0. The van der Waals surface area contributed by atoms with Crippen LogP contribution in [-0.2, 0) is 0 Å². The number of aromatic nitrogens is 1. The van der Waals surface area contributed by atoms with Gasteiger partial charge >= 0.3 is 0 Å². The van der Waals surface area contributed by atoms with E-state index in [0.29, 0.717) is 22.1 Å². The van der Waals surface area contributed by atoms with E-state index in [1.807, 2.05) is 0 Å². The van der Waals surface area contributed by atoms with Crippen LogP contribution in [0.5, 0.6) is 11.5 Å². The molecule has 0 aliphatic rings. The van der Waals surface area contributed by atoms with E-state index in [1.165, 1.54) is 32.5 Å². The van der Waals surface area contributed by atoms with Crippen LogP contribution in [-0.4, -0.2) is 25.1 Å². The third-order valence-electron chi connectivity index (χ3n) is 4.37. The van der Waals surface area contributed by atoms with Crippen molar-refractivity contribution >= 4 is 16.7 Å². The first-order chi connectivity index (χ1) is 13.0. The summed E-state index contributed by atoms with van der Waals surface area (Å²) in [6.07, 6.45) is 1.36. The van der Waals surface area contributed by atoms with Gasteiger partial charge in [-0.25, -0.2) is 4.39 Å². The summed E-state index contributed by atoms with van der Waals surface area (Å²) in [7, 11) is 2.87. The highest BCUT2D eigenvalue weighted by atomic mass is 19.1. The Bertz CT molecular complexity index is 1060. The lowest BCUT2D eigenvalue weighted by Crippen LogP contribution is -2.28. The van der Waals surface area contributed by atoms with Crippen molar-refractivity contribution in [2.24, 2.45) is 0 Å². The Morgan fingerprint density at radius 2 is 1.74 bits per heavy atom. The number of benzene rings is 2. The average molecular weight is 370 g/mol. The number of methoxy groups -OCH3 is 2. The van der Waals surface area contributed by atoms with Gasteiger partial charge in [-0.3, -0.25) is 9.59 Å². The second-order valence-electron chi connectivity index (χ2n) is 6.00. The lowest BCUT2D eigenvalue weighted by atomic mass is 10.0. The number of nitrogens with one attached hydrogen (secondary N) is 2. The van der Waals surface area contributed by atoms with Gasteiger partial charge in [-0.15, -0.1) is 0 Å². The van der Waals surface area contributed by atoms with Gasteiger partial charge in [-0.2, -0.15) is 0 Å².